The SMILES string of the molecule is Cc1ncsc1-c1ccc(CNC(=O)[C@@H]2C[C@@H](O)CC2C(=O)[C@@H](NC(=O)CCOCCOCCOCCN)C(C)(C)C)cc1. The third-order valence-corrected chi connectivity index (χ3v) is 8.58. The molecule has 1 unspecified atom stereocenters. The molecule has 1 fully saturated rings. The molecule has 244 valence electrons. The molecule has 1 aliphatic rings. The number of aliphatic hydroxyl groups is 1. The molecule has 0 bridgehead atoms. The summed E-state index contributed by atoms with van der Waals surface area (Å²) in [6.45, 7) is 10.7. The number of benzene rings is 1. The van der Waals surface area contributed by atoms with Crippen molar-refractivity contribution in [1.82, 2.24) is 15.6 Å². The molecule has 3 rings (SSSR count). The van der Waals surface area contributed by atoms with E-state index in [4.69, 9.17) is 19.9 Å². The summed E-state index contributed by atoms with van der Waals surface area (Å²) >= 11 is 1.58. The quantitative estimate of drug-likeness (QED) is 0.181. The van der Waals surface area contributed by atoms with E-state index in [9.17, 15) is 19.5 Å². The maximum Gasteiger partial charge on any atom is 0.224 e. The van der Waals surface area contributed by atoms with Crippen molar-refractivity contribution in [3.63, 3.8) is 0 Å². The molecule has 0 saturated heterocycles. The number of hydrogen-bond acceptors (Lipinski definition) is 10. The topological polar surface area (TPSA) is 162 Å². The van der Waals surface area contributed by atoms with Crippen LogP contribution in [0.3, 0.4) is 0 Å². The maximum absolute atomic E-state index is 13.8. The van der Waals surface area contributed by atoms with Crippen LogP contribution < -0.4 is 16.4 Å². The van der Waals surface area contributed by atoms with Crippen LogP contribution in [0.25, 0.3) is 10.4 Å². The summed E-state index contributed by atoms with van der Waals surface area (Å²) in [6.07, 6.45) is -0.299. The highest BCUT2D eigenvalue weighted by atomic mass is 32.1. The number of nitrogens with one attached hydrogen (secondary N) is 2. The molecule has 4 atom stereocenters. The average molecular weight is 633 g/mol. The normalized spacial score (nSPS) is 19.1. The van der Waals surface area contributed by atoms with Gasteiger partial charge in [-0.15, -0.1) is 11.3 Å². The Kier molecular flexibility index (Phi) is 14.4. The number of carbonyl (C=O) groups excluding carboxylic acids is 3. The highest BCUT2D eigenvalue weighted by Gasteiger charge is 2.46. The Labute approximate surface area is 264 Å². The van der Waals surface area contributed by atoms with Crippen molar-refractivity contribution in [2.75, 3.05) is 46.2 Å². The van der Waals surface area contributed by atoms with E-state index in [0.29, 0.717) is 46.1 Å². The van der Waals surface area contributed by atoms with Crippen LogP contribution in [0.4, 0.5) is 0 Å². The fourth-order valence-electron chi connectivity index (χ4n) is 5.24. The second kappa shape index (κ2) is 17.7. The second-order valence-electron chi connectivity index (χ2n) is 12.2. The molecule has 5 N–H and O–H groups in total. The number of ether oxygens (including phenoxy) is 3. The molecule has 1 aliphatic carbocycles. The van der Waals surface area contributed by atoms with Crippen molar-refractivity contribution < 1.29 is 33.7 Å². The minimum Gasteiger partial charge on any atom is -0.393 e. The number of aryl methyl sites for hydroxylation is 1. The van der Waals surface area contributed by atoms with Gasteiger partial charge in [-0.25, -0.2) is 4.98 Å². The Morgan fingerprint density at radius 3 is 2.20 bits per heavy atom. The smallest absolute Gasteiger partial charge is 0.224 e. The monoisotopic (exact) mass is 632 g/mol. The van der Waals surface area contributed by atoms with E-state index in [-0.39, 0.29) is 43.5 Å². The van der Waals surface area contributed by atoms with Gasteiger partial charge in [0.05, 0.1) is 73.8 Å². The van der Waals surface area contributed by atoms with Crippen molar-refractivity contribution >= 4 is 28.9 Å². The first kappa shape index (κ1) is 35.7. The molecule has 11 nitrogen and oxygen atoms in total. The number of amides is 2. The van der Waals surface area contributed by atoms with Crippen LogP contribution in [0.15, 0.2) is 29.8 Å². The van der Waals surface area contributed by atoms with Gasteiger partial charge in [0.1, 0.15) is 0 Å². The second-order valence-corrected chi connectivity index (χ2v) is 13.0. The zero-order chi connectivity index (χ0) is 32.1. The third-order valence-electron chi connectivity index (χ3n) is 7.60. The van der Waals surface area contributed by atoms with Crippen LogP contribution in [0.2, 0.25) is 0 Å². The van der Waals surface area contributed by atoms with E-state index >= 15 is 0 Å². The lowest BCUT2D eigenvalue weighted by molar-refractivity contribution is -0.137. The first-order valence-electron chi connectivity index (χ1n) is 15.2. The number of nitrogens with two attached hydrogens (primary N) is 1. The van der Waals surface area contributed by atoms with Crippen molar-refractivity contribution in [2.24, 2.45) is 23.0 Å². The third kappa shape index (κ3) is 11.0. The van der Waals surface area contributed by atoms with Gasteiger partial charge in [-0.2, -0.15) is 0 Å². The minimum absolute atomic E-state index is 0.0814. The van der Waals surface area contributed by atoms with Crippen LogP contribution in [-0.2, 0) is 35.1 Å². The van der Waals surface area contributed by atoms with Crippen molar-refractivity contribution in [3.05, 3.63) is 41.0 Å². The fraction of sp³-hybridized carbons (Fsp3) is 0.625. The lowest BCUT2D eigenvalue weighted by atomic mass is 9.77. The Bertz CT molecular complexity index is 1200. The summed E-state index contributed by atoms with van der Waals surface area (Å²) in [6, 6.07) is 7.11. The summed E-state index contributed by atoms with van der Waals surface area (Å²) in [5.41, 5.74) is 9.55. The highest BCUT2D eigenvalue weighted by Crippen LogP contribution is 2.36. The summed E-state index contributed by atoms with van der Waals surface area (Å²) in [7, 11) is 0. The van der Waals surface area contributed by atoms with Gasteiger partial charge in [-0.1, -0.05) is 45.0 Å². The van der Waals surface area contributed by atoms with Crippen molar-refractivity contribution in [1.29, 1.82) is 0 Å². The predicted molar refractivity (Wildman–Crippen MR) is 169 cm³/mol. The molecule has 0 radical (unpaired) electrons. The van der Waals surface area contributed by atoms with Gasteiger partial charge >= 0.3 is 0 Å². The van der Waals surface area contributed by atoms with Gasteiger partial charge in [0.2, 0.25) is 11.8 Å². The van der Waals surface area contributed by atoms with Crippen LogP contribution >= 0.6 is 11.3 Å². The number of rotatable bonds is 18. The lowest BCUT2D eigenvalue weighted by Crippen LogP contribution is -2.52. The van der Waals surface area contributed by atoms with Crippen LogP contribution in [0.1, 0.15) is 51.3 Å². The Hall–Kier alpha value is -2.74. The Balaban J connectivity index is 1.49. The number of Topliss-reactive ketones (excluding diaryl/α,β-unsaturated/α-hetero) is 1. The zero-order valence-corrected chi connectivity index (χ0v) is 27.1. The fourth-order valence-corrected chi connectivity index (χ4v) is 6.05. The largest absolute Gasteiger partial charge is 0.393 e. The lowest BCUT2D eigenvalue weighted by Gasteiger charge is -2.33. The van der Waals surface area contributed by atoms with E-state index < -0.39 is 29.4 Å². The van der Waals surface area contributed by atoms with E-state index in [1.165, 1.54) is 0 Å². The molecule has 2 aromatic rings. The van der Waals surface area contributed by atoms with Crippen molar-refractivity contribution in [2.45, 2.75) is 65.6 Å². The van der Waals surface area contributed by atoms with E-state index in [1.807, 2.05) is 57.5 Å². The zero-order valence-electron chi connectivity index (χ0n) is 26.3. The van der Waals surface area contributed by atoms with Gasteiger partial charge in [-0.3, -0.25) is 14.4 Å². The number of thiazole rings is 1. The number of aliphatic hydroxyl groups excluding tert-OH is 1. The van der Waals surface area contributed by atoms with E-state index in [0.717, 1.165) is 21.7 Å². The Morgan fingerprint density at radius 1 is 1.00 bits per heavy atom. The number of ketones is 1. The summed E-state index contributed by atoms with van der Waals surface area (Å²) in [4.78, 5) is 45.3. The molecule has 1 saturated carbocycles. The van der Waals surface area contributed by atoms with Crippen LogP contribution in [0, 0.1) is 24.2 Å². The molecule has 1 aromatic carbocycles. The number of aromatic nitrogens is 1. The average Bonchev–Trinajstić information content (AvgIpc) is 3.60. The summed E-state index contributed by atoms with van der Waals surface area (Å²) in [5.74, 6) is -2.21. The molecule has 0 aliphatic heterocycles. The van der Waals surface area contributed by atoms with Crippen LogP contribution in [0.5, 0.6) is 0 Å². The number of carbonyl (C=O) groups is 3. The minimum atomic E-state index is -0.819. The van der Waals surface area contributed by atoms with Crippen LogP contribution in [-0.4, -0.2) is 86.0 Å². The maximum atomic E-state index is 13.8. The van der Waals surface area contributed by atoms with Crippen molar-refractivity contribution in [3.8, 4) is 10.4 Å². The predicted octanol–water partition coefficient (Wildman–Crippen LogP) is 2.62. The van der Waals surface area contributed by atoms with Gasteiger partial charge in [0, 0.05) is 25.4 Å². The molecule has 12 heteroatoms. The molecular weight excluding hydrogens is 584 g/mol. The highest BCUT2D eigenvalue weighted by molar-refractivity contribution is 7.13. The van der Waals surface area contributed by atoms with Gasteiger partial charge in [0.15, 0.2) is 5.78 Å². The molecule has 44 heavy (non-hydrogen) atoms. The molecule has 2 amide bonds. The first-order chi connectivity index (χ1) is 21.0. The van der Waals surface area contributed by atoms with Gasteiger partial charge in [0.25, 0.3) is 0 Å². The number of hydrogen-bond donors (Lipinski definition) is 4. The molecule has 1 aromatic heterocycles. The summed E-state index contributed by atoms with van der Waals surface area (Å²) < 4.78 is 16.1. The number of nitrogens with zero attached hydrogens (tertiary/aromatic N) is 1. The Morgan fingerprint density at radius 2 is 1.61 bits per heavy atom. The van der Waals surface area contributed by atoms with E-state index in [1.54, 1.807) is 11.3 Å². The molecule has 0 spiro atoms. The molecular formula is C32H48N4O7S. The summed E-state index contributed by atoms with van der Waals surface area (Å²) in [5, 5.41) is 16.3. The molecule has 1 heterocycles. The van der Waals surface area contributed by atoms with Gasteiger partial charge < -0.3 is 35.7 Å². The standard InChI is InChI=1S/C32H48N4O7S/c1-21-29(44-20-35-21)23-7-5-22(6-8-23)19-34-31(40)26-18-24(37)17-25(26)28(39)30(32(2,3)4)36-27(38)9-11-41-13-15-43-16-14-42-12-10-33/h5-8,20,24-26,30,37H,9-19,33H2,1-4H3,(H,34,40)(H,36,38)/t24-,25?,26+,30+/m0/s1. The van der Waals surface area contributed by atoms with Gasteiger partial charge in [-0.05, 0) is 36.3 Å². The van der Waals surface area contributed by atoms with E-state index in [2.05, 4.69) is 15.6 Å². The first-order valence-corrected chi connectivity index (χ1v) is 16.1.